The molecule has 27 heavy (non-hydrogen) atoms. The van der Waals surface area contributed by atoms with Gasteiger partial charge < -0.3 is 5.32 Å². The molecule has 0 unspecified atom stereocenters. The summed E-state index contributed by atoms with van der Waals surface area (Å²) in [5.74, 6) is -0.589. The van der Waals surface area contributed by atoms with Crippen LogP contribution in [0.1, 0.15) is 15.9 Å². The number of hydrogen-bond acceptors (Lipinski definition) is 5. The maximum Gasteiger partial charge on any atom is 0.251 e. The smallest absolute Gasteiger partial charge is 0.251 e. The van der Waals surface area contributed by atoms with Crippen molar-refractivity contribution >= 4 is 31.5 Å². The highest BCUT2D eigenvalue weighted by molar-refractivity contribution is 7.92. The Morgan fingerprint density at radius 1 is 1.07 bits per heavy atom. The number of anilines is 1. The Morgan fingerprint density at radius 2 is 1.78 bits per heavy atom. The number of hydrogen-bond donors (Lipinski definition) is 1. The Bertz CT molecular complexity index is 1060. The zero-order chi connectivity index (χ0) is 19.7. The third-order valence-corrected chi connectivity index (χ3v) is 7.27. The van der Waals surface area contributed by atoms with Crippen LogP contribution in [0.5, 0.6) is 0 Å². The Hall–Kier alpha value is -2.39. The van der Waals surface area contributed by atoms with Gasteiger partial charge in [0.1, 0.15) is 0 Å². The van der Waals surface area contributed by atoms with E-state index in [-0.39, 0.29) is 23.1 Å². The van der Waals surface area contributed by atoms with Crippen LogP contribution in [-0.2, 0) is 26.3 Å². The summed E-state index contributed by atoms with van der Waals surface area (Å²) in [6.07, 6.45) is 1.68. The molecule has 1 amide bonds. The van der Waals surface area contributed by atoms with Gasteiger partial charge >= 0.3 is 0 Å². The van der Waals surface area contributed by atoms with Gasteiger partial charge in [0.15, 0.2) is 9.84 Å². The first-order valence-electron chi connectivity index (χ1n) is 8.35. The minimum absolute atomic E-state index is 0.0113. The molecule has 2 aromatic carbocycles. The number of carbonyl (C=O) groups excluding carboxylic acids is 1. The van der Waals surface area contributed by atoms with E-state index in [1.807, 2.05) is 0 Å². The van der Waals surface area contributed by atoms with Crippen LogP contribution in [-0.4, -0.2) is 47.8 Å². The van der Waals surface area contributed by atoms with Gasteiger partial charge in [-0.05, 0) is 42.3 Å². The lowest BCUT2D eigenvalue weighted by molar-refractivity contribution is 0.0956. The average Bonchev–Trinajstić information content (AvgIpc) is 3.05. The Morgan fingerprint density at radius 3 is 2.44 bits per heavy atom. The highest BCUT2D eigenvalue weighted by Gasteiger charge is 2.26. The predicted octanol–water partition coefficient (Wildman–Crippen LogP) is 1.21. The van der Waals surface area contributed by atoms with Crippen LogP contribution in [0.3, 0.4) is 0 Å². The molecule has 0 aromatic heterocycles. The van der Waals surface area contributed by atoms with Gasteiger partial charge in [-0.15, -0.1) is 0 Å². The van der Waals surface area contributed by atoms with Crippen molar-refractivity contribution in [2.75, 3.05) is 29.4 Å². The lowest BCUT2D eigenvalue weighted by Gasteiger charge is -2.16. The van der Waals surface area contributed by atoms with Crippen LogP contribution in [0.25, 0.3) is 0 Å². The fraction of sp³-hybridized carbons (Fsp3) is 0.278. The first kappa shape index (κ1) is 19.4. The van der Waals surface area contributed by atoms with Gasteiger partial charge in [-0.1, -0.05) is 18.2 Å². The third-order valence-electron chi connectivity index (χ3n) is 4.35. The van der Waals surface area contributed by atoms with Gasteiger partial charge in [0.2, 0.25) is 10.0 Å². The van der Waals surface area contributed by atoms with E-state index < -0.39 is 19.9 Å². The fourth-order valence-corrected chi connectivity index (χ4v) is 5.14. The monoisotopic (exact) mass is 408 g/mol. The number of sulfonamides is 1. The standard InChI is InChI=1S/C18H20N2O5S2/c1-26(22,23)20-11-9-14-13-15(7-8-17(14)20)18(21)19-10-12-27(24,25)16-5-3-2-4-6-16/h2-8,13H,9-12H2,1H3,(H,19,21). The number of rotatable bonds is 6. The van der Waals surface area contributed by atoms with E-state index in [2.05, 4.69) is 5.32 Å². The molecule has 0 saturated heterocycles. The highest BCUT2D eigenvalue weighted by atomic mass is 32.2. The molecule has 0 radical (unpaired) electrons. The number of sulfone groups is 1. The predicted molar refractivity (Wildman–Crippen MR) is 103 cm³/mol. The van der Waals surface area contributed by atoms with Gasteiger partial charge in [0.25, 0.3) is 5.91 Å². The molecule has 1 aliphatic rings. The van der Waals surface area contributed by atoms with Gasteiger partial charge in [0, 0.05) is 18.7 Å². The van der Waals surface area contributed by atoms with Crippen LogP contribution in [0, 0.1) is 0 Å². The maximum atomic E-state index is 12.3. The molecule has 0 atom stereocenters. The lowest BCUT2D eigenvalue weighted by Crippen LogP contribution is -2.29. The van der Waals surface area contributed by atoms with Gasteiger partial charge in [-0.3, -0.25) is 9.10 Å². The molecule has 1 aliphatic heterocycles. The van der Waals surface area contributed by atoms with E-state index in [4.69, 9.17) is 0 Å². The summed E-state index contributed by atoms with van der Waals surface area (Å²) in [5.41, 5.74) is 1.74. The minimum Gasteiger partial charge on any atom is -0.351 e. The van der Waals surface area contributed by atoms with Crippen molar-refractivity contribution in [1.29, 1.82) is 0 Å². The Balaban J connectivity index is 1.64. The van der Waals surface area contributed by atoms with Crippen LogP contribution in [0.15, 0.2) is 53.4 Å². The zero-order valence-electron chi connectivity index (χ0n) is 14.8. The highest BCUT2D eigenvalue weighted by Crippen LogP contribution is 2.30. The lowest BCUT2D eigenvalue weighted by atomic mass is 10.1. The average molecular weight is 409 g/mol. The van der Waals surface area contributed by atoms with Crippen molar-refractivity contribution in [2.45, 2.75) is 11.3 Å². The quantitative estimate of drug-likeness (QED) is 0.774. The summed E-state index contributed by atoms with van der Waals surface area (Å²) >= 11 is 0. The molecule has 9 heteroatoms. The molecule has 0 fully saturated rings. The van der Waals surface area contributed by atoms with E-state index >= 15 is 0 Å². The summed E-state index contributed by atoms with van der Waals surface area (Å²) < 4.78 is 49.3. The van der Waals surface area contributed by atoms with Crippen molar-refractivity contribution in [3.8, 4) is 0 Å². The van der Waals surface area contributed by atoms with Crippen LogP contribution in [0.2, 0.25) is 0 Å². The maximum absolute atomic E-state index is 12.3. The van der Waals surface area contributed by atoms with Gasteiger partial charge in [-0.2, -0.15) is 0 Å². The van der Waals surface area contributed by atoms with Crippen molar-refractivity contribution in [1.82, 2.24) is 5.32 Å². The van der Waals surface area contributed by atoms with E-state index in [0.717, 1.165) is 11.8 Å². The second kappa shape index (κ2) is 7.32. The SMILES string of the molecule is CS(=O)(=O)N1CCc2cc(C(=O)NCCS(=O)(=O)c3ccccc3)ccc21. The molecule has 1 N–H and O–H groups in total. The van der Waals surface area contributed by atoms with Crippen LogP contribution < -0.4 is 9.62 Å². The molecular formula is C18H20N2O5S2. The summed E-state index contributed by atoms with van der Waals surface area (Å²) in [5, 5.41) is 2.61. The first-order chi connectivity index (χ1) is 12.7. The molecule has 0 saturated carbocycles. The number of fused-ring (bicyclic) bond motifs is 1. The summed E-state index contributed by atoms with van der Waals surface area (Å²) in [4.78, 5) is 12.5. The molecule has 0 aliphatic carbocycles. The summed E-state index contributed by atoms with van der Waals surface area (Å²) in [6, 6.07) is 12.9. The number of benzene rings is 2. The van der Waals surface area contributed by atoms with Crippen molar-refractivity contribution in [3.05, 3.63) is 59.7 Å². The first-order valence-corrected chi connectivity index (χ1v) is 11.9. The summed E-state index contributed by atoms with van der Waals surface area (Å²) in [6.45, 7) is 0.344. The number of carbonyl (C=O) groups is 1. The molecule has 1 heterocycles. The number of nitrogens with one attached hydrogen (secondary N) is 1. The topological polar surface area (TPSA) is 101 Å². The molecule has 7 nitrogen and oxygen atoms in total. The minimum atomic E-state index is -3.46. The van der Waals surface area contributed by atoms with Crippen molar-refractivity contribution in [3.63, 3.8) is 0 Å². The molecule has 3 rings (SSSR count). The van der Waals surface area contributed by atoms with Crippen LogP contribution >= 0.6 is 0 Å². The van der Waals surface area contributed by atoms with E-state index in [1.54, 1.807) is 36.4 Å². The number of amides is 1. The number of nitrogens with zero attached hydrogens (tertiary/aromatic N) is 1. The Kier molecular flexibility index (Phi) is 5.25. The van der Waals surface area contributed by atoms with E-state index in [0.29, 0.717) is 24.2 Å². The third kappa shape index (κ3) is 4.30. The molecule has 2 aromatic rings. The van der Waals surface area contributed by atoms with Gasteiger partial charge in [-0.25, -0.2) is 16.8 Å². The van der Waals surface area contributed by atoms with E-state index in [1.165, 1.54) is 16.4 Å². The largest absolute Gasteiger partial charge is 0.351 e. The van der Waals surface area contributed by atoms with Crippen molar-refractivity contribution in [2.24, 2.45) is 0 Å². The van der Waals surface area contributed by atoms with Gasteiger partial charge in [0.05, 0.1) is 22.6 Å². The second-order valence-electron chi connectivity index (χ2n) is 6.32. The fourth-order valence-electron chi connectivity index (χ4n) is 3.00. The van der Waals surface area contributed by atoms with Crippen molar-refractivity contribution < 1.29 is 21.6 Å². The zero-order valence-corrected chi connectivity index (χ0v) is 16.4. The Labute approximate surface area is 159 Å². The normalized spacial score (nSPS) is 14.0. The molecule has 0 bridgehead atoms. The summed E-state index contributed by atoms with van der Waals surface area (Å²) in [7, 11) is -6.80. The second-order valence-corrected chi connectivity index (χ2v) is 10.3. The molecule has 144 valence electrons. The molecular weight excluding hydrogens is 388 g/mol. The van der Waals surface area contributed by atoms with E-state index in [9.17, 15) is 21.6 Å². The van der Waals surface area contributed by atoms with Crippen LogP contribution in [0.4, 0.5) is 5.69 Å². The molecule has 0 spiro atoms.